The van der Waals surface area contributed by atoms with Crippen LogP contribution >= 0.6 is 12.6 Å². The Bertz CT molecular complexity index is 256. The number of benzene rings is 1. The highest BCUT2D eigenvalue weighted by atomic mass is 32.1. The Balaban J connectivity index is 2.39. The highest BCUT2D eigenvalue weighted by Crippen LogP contribution is 2.09. The Morgan fingerprint density at radius 2 is 1.86 bits per heavy atom. The molecule has 1 nitrogen and oxygen atoms in total. The molecular weight excluding hydrogens is 190 g/mol. The topological polar surface area (TPSA) is 3.24 Å². The van der Waals surface area contributed by atoms with Gasteiger partial charge in [-0.05, 0) is 37.7 Å². The smallest absolute Gasteiger partial charge is 0.0230 e. The molecule has 0 aliphatic heterocycles. The summed E-state index contributed by atoms with van der Waals surface area (Å²) in [5.41, 5.74) is 1.36. The van der Waals surface area contributed by atoms with E-state index >= 15 is 0 Å². The molecule has 1 aromatic rings. The second kappa shape index (κ2) is 6.10. The molecule has 0 saturated heterocycles. The summed E-state index contributed by atoms with van der Waals surface area (Å²) < 4.78 is 0. The van der Waals surface area contributed by atoms with Crippen LogP contribution < -0.4 is 0 Å². The average Bonchev–Trinajstić information content (AvgIpc) is 2.18. The summed E-state index contributed by atoms with van der Waals surface area (Å²) in [7, 11) is 2.17. The van der Waals surface area contributed by atoms with Crippen LogP contribution in [-0.2, 0) is 6.54 Å². The summed E-state index contributed by atoms with van der Waals surface area (Å²) in [6.07, 6.45) is 2.54. The van der Waals surface area contributed by atoms with Crippen LogP contribution in [0.25, 0.3) is 0 Å². The summed E-state index contributed by atoms with van der Waals surface area (Å²) >= 11 is 4.27. The van der Waals surface area contributed by atoms with Gasteiger partial charge in [-0.25, -0.2) is 0 Å². The first-order chi connectivity index (χ1) is 6.72. The number of hydrogen-bond acceptors (Lipinski definition) is 2. The van der Waals surface area contributed by atoms with Gasteiger partial charge in [-0.1, -0.05) is 25.5 Å². The van der Waals surface area contributed by atoms with E-state index in [1.807, 2.05) is 12.1 Å². The van der Waals surface area contributed by atoms with Crippen molar-refractivity contribution in [2.75, 3.05) is 13.6 Å². The van der Waals surface area contributed by atoms with Crippen molar-refractivity contribution in [2.45, 2.75) is 31.2 Å². The summed E-state index contributed by atoms with van der Waals surface area (Å²) in [5.74, 6) is 0. The lowest BCUT2D eigenvalue weighted by Crippen LogP contribution is -2.18. The van der Waals surface area contributed by atoms with Gasteiger partial charge in [0.25, 0.3) is 0 Å². The lowest BCUT2D eigenvalue weighted by Gasteiger charge is -2.15. The van der Waals surface area contributed by atoms with Crippen LogP contribution in [0, 0.1) is 0 Å². The van der Waals surface area contributed by atoms with E-state index in [9.17, 15) is 0 Å². The van der Waals surface area contributed by atoms with Gasteiger partial charge in [-0.2, -0.15) is 0 Å². The molecule has 0 bridgehead atoms. The second-order valence-electron chi connectivity index (χ2n) is 3.76. The van der Waals surface area contributed by atoms with Crippen molar-refractivity contribution in [3.63, 3.8) is 0 Å². The highest BCUT2D eigenvalue weighted by Gasteiger charge is 1.98. The fourth-order valence-electron chi connectivity index (χ4n) is 1.42. The van der Waals surface area contributed by atoms with Crippen molar-refractivity contribution in [3.05, 3.63) is 29.8 Å². The predicted octanol–water partition coefficient (Wildman–Crippen LogP) is 3.21. The zero-order valence-electron chi connectivity index (χ0n) is 9.03. The lowest BCUT2D eigenvalue weighted by molar-refractivity contribution is 0.321. The number of rotatable bonds is 5. The Morgan fingerprint density at radius 3 is 2.43 bits per heavy atom. The average molecular weight is 209 g/mol. The fourth-order valence-corrected chi connectivity index (χ4v) is 1.57. The molecule has 0 N–H and O–H groups in total. The Labute approximate surface area is 92.5 Å². The van der Waals surface area contributed by atoms with E-state index in [0.717, 1.165) is 11.4 Å². The summed E-state index contributed by atoms with van der Waals surface area (Å²) in [4.78, 5) is 3.39. The van der Waals surface area contributed by atoms with Gasteiger partial charge in [0.2, 0.25) is 0 Å². The van der Waals surface area contributed by atoms with E-state index in [2.05, 4.69) is 43.6 Å². The fraction of sp³-hybridized carbons (Fsp3) is 0.500. The van der Waals surface area contributed by atoms with E-state index in [4.69, 9.17) is 0 Å². The quantitative estimate of drug-likeness (QED) is 0.729. The van der Waals surface area contributed by atoms with Gasteiger partial charge in [0.05, 0.1) is 0 Å². The maximum absolute atomic E-state index is 4.27. The molecule has 0 heterocycles. The SMILES string of the molecule is CCCCN(C)Cc1ccc(S)cc1. The zero-order chi connectivity index (χ0) is 10.4. The molecular formula is C12H19NS. The number of nitrogens with zero attached hydrogens (tertiary/aromatic N) is 1. The van der Waals surface area contributed by atoms with E-state index in [-0.39, 0.29) is 0 Å². The van der Waals surface area contributed by atoms with Crippen molar-refractivity contribution in [1.29, 1.82) is 0 Å². The summed E-state index contributed by atoms with van der Waals surface area (Å²) in [6, 6.07) is 8.38. The van der Waals surface area contributed by atoms with E-state index in [0.29, 0.717) is 0 Å². The van der Waals surface area contributed by atoms with E-state index in [1.54, 1.807) is 0 Å². The van der Waals surface area contributed by atoms with Crippen molar-refractivity contribution in [1.82, 2.24) is 4.90 Å². The first-order valence-electron chi connectivity index (χ1n) is 5.19. The third kappa shape index (κ3) is 4.16. The number of unbranched alkanes of at least 4 members (excludes halogenated alkanes) is 1. The minimum atomic E-state index is 1.03. The Kier molecular flexibility index (Phi) is 5.05. The first kappa shape index (κ1) is 11.6. The van der Waals surface area contributed by atoms with E-state index in [1.165, 1.54) is 24.9 Å². The van der Waals surface area contributed by atoms with Crippen LogP contribution in [0.3, 0.4) is 0 Å². The van der Waals surface area contributed by atoms with Crippen LogP contribution in [-0.4, -0.2) is 18.5 Å². The minimum absolute atomic E-state index is 1.03. The third-order valence-electron chi connectivity index (χ3n) is 2.28. The molecule has 0 radical (unpaired) electrons. The molecule has 0 aromatic heterocycles. The van der Waals surface area contributed by atoms with Crippen molar-refractivity contribution < 1.29 is 0 Å². The molecule has 0 aliphatic rings. The normalized spacial score (nSPS) is 10.9. The van der Waals surface area contributed by atoms with Gasteiger partial charge in [0.15, 0.2) is 0 Å². The van der Waals surface area contributed by atoms with Crippen LogP contribution in [0.15, 0.2) is 29.2 Å². The standard InChI is InChI=1S/C12H19NS/c1-3-4-9-13(2)10-11-5-7-12(14)8-6-11/h5-8,14H,3-4,9-10H2,1-2H3. The minimum Gasteiger partial charge on any atom is -0.302 e. The molecule has 0 spiro atoms. The molecule has 0 saturated carbocycles. The lowest BCUT2D eigenvalue weighted by atomic mass is 10.2. The molecule has 14 heavy (non-hydrogen) atoms. The summed E-state index contributed by atoms with van der Waals surface area (Å²) in [6.45, 7) is 4.44. The molecule has 2 heteroatoms. The number of hydrogen-bond donors (Lipinski definition) is 1. The van der Waals surface area contributed by atoms with Crippen molar-refractivity contribution in [3.8, 4) is 0 Å². The maximum Gasteiger partial charge on any atom is 0.0230 e. The van der Waals surface area contributed by atoms with Crippen LogP contribution in [0.1, 0.15) is 25.3 Å². The van der Waals surface area contributed by atoms with E-state index < -0.39 is 0 Å². The van der Waals surface area contributed by atoms with Crippen molar-refractivity contribution in [2.24, 2.45) is 0 Å². The monoisotopic (exact) mass is 209 g/mol. The van der Waals surface area contributed by atoms with Gasteiger partial charge in [0.1, 0.15) is 0 Å². The predicted molar refractivity (Wildman–Crippen MR) is 64.9 cm³/mol. The van der Waals surface area contributed by atoms with Gasteiger partial charge >= 0.3 is 0 Å². The zero-order valence-corrected chi connectivity index (χ0v) is 9.93. The van der Waals surface area contributed by atoms with Gasteiger partial charge in [-0.3, -0.25) is 0 Å². The van der Waals surface area contributed by atoms with Crippen LogP contribution in [0.2, 0.25) is 0 Å². The largest absolute Gasteiger partial charge is 0.302 e. The molecule has 78 valence electrons. The highest BCUT2D eigenvalue weighted by molar-refractivity contribution is 7.80. The molecule has 0 unspecified atom stereocenters. The maximum atomic E-state index is 4.27. The Hall–Kier alpha value is -0.470. The Morgan fingerprint density at radius 1 is 1.21 bits per heavy atom. The summed E-state index contributed by atoms with van der Waals surface area (Å²) in [5, 5.41) is 0. The van der Waals surface area contributed by atoms with Crippen molar-refractivity contribution >= 4 is 12.6 Å². The molecule has 1 aromatic carbocycles. The van der Waals surface area contributed by atoms with Gasteiger partial charge < -0.3 is 4.90 Å². The van der Waals surface area contributed by atoms with Crippen LogP contribution in [0.5, 0.6) is 0 Å². The first-order valence-corrected chi connectivity index (χ1v) is 5.63. The second-order valence-corrected chi connectivity index (χ2v) is 4.27. The molecule has 0 aliphatic carbocycles. The molecule has 0 fully saturated rings. The van der Waals surface area contributed by atoms with Gasteiger partial charge in [0, 0.05) is 11.4 Å². The number of thiol groups is 1. The molecule has 0 atom stereocenters. The third-order valence-corrected chi connectivity index (χ3v) is 2.58. The van der Waals surface area contributed by atoms with Crippen LogP contribution in [0.4, 0.5) is 0 Å². The molecule has 0 amide bonds. The molecule has 1 rings (SSSR count). The van der Waals surface area contributed by atoms with Gasteiger partial charge in [-0.15, -0.1) is 12.6 Å².